The summed E-state index contributed by atoms with van der Waals surface area (Å²) in [6.07, 6.45) is 3.01. The Kier molecular flexibility index (Phi) is 6.09. The molecule has 3 amide bonds. The van der Waals surface area contributed by atoms with E-state index in [-0.39, 0.29) is 29.1 Å². The van der Waals surface area contributed by atoms with E-state index in [2.05, 4.69) is 0 Å². The number of hydrogen-bond donors (Lipinski definition) is 0. The molecular weight excluding hydrogens is 521 g/mol. The third kappa shape index (κ3) is 3.84. The van der Waals surface area contributed by atoms with Crippen LogP contribution in [0.2, 0.25) is 0 Å². The van der Waals surface area contributed by atoms with Gasteiger partial charge in [-0.2, -0.15) is 0 Å². The van der Waals surface area contributed by atoms with Crippen molar-refractivity contribution < 1.29 is 18.8 Å². The summed E-state index contributed by atoms with van der Waals surface area (Å²) in [6, 6.07) is 9.10. The molecule has 3 atom stereocenters. The maximum Gasteiger partial charge on any atom is 0.308 e. The first-order chi connectivity index (χ1) is 17.4. The van der Waals surface area contributed by atoms with Crippen LogP contribution >= 0.6 is 34.4 Å². The SMILES string of the molecule is O=C(Cn1c2c(sc1=O)[C@H](c1cccs1)C1C(=O)N(c3ccc(F)cc3)C(=O)C1S2)N1CCCCC1. The minimum Gasteiger partial charge on any atom is -0.341 e. The molecule has 3 aliphatic rings. The van der Waals surface area contributed by atoms with Crippen molar-refractivity contribution in [1.29, 1.82) is 0 Å². The van der Waals surface area contributed by atoms with Crippen LogP contribution in [0.4, 0.5) is 10.1 Å². The van der Waals surface area contributed by atoms with Crippen molar-refractivity contribution in [2.75, 3.05) is 18.0 Å². The van der Waals surface area contributed by atoms with E-state index in [0.29, 0.717) is 23.8 Å². The summed E-state index contributed by atoms with van der Waals surface area (Å²) in [5.41, 5.74) is 0.326. The Balaban J connectivity index is 1.41. The molecule has 0 radical (unpaired) electrons. The highest BCUT2D eigenvalue weighted by atomic mass is 32.2. The smallest absolute Gasteiger partial charge is 0.308 e. The van der Waals surface area contributed by atoms with E-state index < -0.39 is 22.9 Å². The van der Waals surface area contributed by atoms with Gasteiger partial charge in [0.25, 0.3) is 0 Å². The maximum absolute atomic E-state index is 13.7. The number of benzene rings is 1. The van der Waals surface area contributed by atoms with E-state index in [1.54, 1.807) is 4.90 Å². The quantitative estimate of drug-likeness (QED) is 0.466. The van der Waals surface area contributed by atoms with Gasteiger partial charge in [-0.15, -0.1) is 11.3 Å². The average Bonchev–Trinajstić information content (AvgIpc) is 3.58. The molecule has 3 aliphatic heterocycles. The first kappa shape index (κ1) is 23.6. The number of likely N-dealkylation sites (tertiary alicyclic amines) is 1. The molecule has 0 N–H and O–H groups in total. The number of thiophene rings is 1. The van der Waals surface area contributed by atoms with Crippen LogP contribution in [0.5, 0.6) is 0 Å². The van der Waals surface area contributed by atoms with Crippen LogP contribution in [0.15, 0.2) is 51.6 Å². The van der Waals surface area contributed by atoms with Gasteiger partial charge in [-0.05, 0) is 55.0 Å². The summed E-state index contributed by atoms with van der Waals surface area (Å²) in [4.78, 5) is 57.7. The zero-order valence-electron chi connectivity index (χ0n) is 19.1. The topological polar surface area (TPSA) is 79.7 Å². The van der Waals surface area contributed by atoms with Crippen LogP contribution in [0.3, 0.4) is 0 Å². The number of piperidine rings is 1. The number of hydrogen-bond acceptors (Lipinski definition) is 7. The molecule has 2 unspecified atom stereocenters. The van der Waals surface area contributed by atoms with Crippen LogP contribution in [-0.4, -0.2) is 45.5 Å². The fourth-order valence-corrected chi connectivity index (χ4v) is 8.97. The number of halogens is 1. The number of anilines is 1. The molecule has 2 aromatic heterocycles. The van der Waals surface area contributed by atoms with Crippen molar-refractivity contribution in [3.05, 3.63) is 67.0 Å². The fraction of sp³-hybridized carbons (Fsp3) is 0.360. The number of carbonyl (C=O) groups is 3. The Bertz CT molecular complexity index is 1390. The summed E-state index contributed by atoms with van der Waals surface area (Å²) in [5.74, 6) is -2.45. The Hall–Kier alpha value is -2.76. The third-order valence-electron chi connectivity index (χ3n) is 6.99. The minimum atomic E-state index is -0.743. The van der Waals surface area contributed by atoms with E-state index in [0.717, 1.165) is 45.3 Å². The molecule has 3 aromatic rings. The van der Waals surface area contributed by atoms with Crippen LogP contribution in [0.1, 0.15) is 34.9 Å². The molecule has 0 spiro atoms. The van der Waals surface area contributed by atoms with E-state index in [1.807, 2.05) is 17.5 Å². The van der Waals surface area contributed by atoms with Crippen molar-refractivity contribution in [1.82, 2.24) is 9.47 Å². The van der Waals surface area contributed by atoms with Gasteiger partial charge in [0.05, 0.1) is 16.6 Å². The molecule has 36 heavy (non-hydrogen) atoms. The highest BCUT2D eigenvalue weighted by molar-refractivity contribution is 8.00. The average molecular weight is 544 g/mol. The van der Waals surface area contributed by atoms with E-state index in [4.69, 9.17) is 0 Å². The van der Waals surface area contributed by atoms with Gasteiger partial charge < -0.3 is 4.90 Å². The second kappa shape index (κ2) is 9.28. The first-order valence-corrected chi connectivity index (χ1v) is 14.4. The Morgan fingerprint density at radius 3 is 2.44 bits per heavy atom. The van der Waals surface area contributed by atoms with E-state index in [9.17, 15) is 23.6 Å². The van der Waals surface area contributed by atoms with Gasteiger partial charge in [0, 0.05) is 28.8 Å². The van der Waals surface area contributed by atoms with Gasteiger partial charge in [-0.3, -0.25) is 23.7 Å². The van der Waals surface area contributed by atoms with Crippen LogP contribution < -0.4 is 9.77 Å². The number of fused-ring (bicyclic) bond motifs is 2. The number of carbonyl (C=O) groups excluding carboxylic acids is 3. The number of thioether (sulfide) groups is 1. The van der Waals surface area contributed by atoms with E-state index in [1.165, 1.54) is 51.9 Å². The predicted octanol–water partition coefficient (Wildman–Crippen LogP) is 3.92. The van der Waals surface area contributed by atoms with Gasteiger partial charge in [-0.1, -0.05) is 29.2 Å². The van der Waals surface area contributed by atoms with Gasteiger partial charge in [0.15, 0.2) is 0 Å². The molecule has 186 valence electrons. The lowest BCUT2D eigenvalue weighted by Crippen LogP contribution is -2.39. The summed E-state index contributed by atoms with van der Waals surface area (Å²) in [5, 5.41) is 1.76. The highest BCUT2D eigenvalue weighted by Gasteiger charge is 2.57. The Labute approximate surface area is 218 Å². The molecule has 5 heterocycles. The van der Waals surface area contributed by atoms with Gasteiger partial charge in [0.2, 0.25) is 17.7 Å². The molecule has 2 fully saturated rings. The maximum atomic E-state index is 13.7. The molecule has 6 rings (SSSR count). The summed E-state index contributed by atoms with van der Waals surface area (Å²) in [6.45, 7) is 1.31. The Morgan fingerprint density at radius 2 is 1.75 bits per heavy atom. The van der Waals surface area contributed by atoms with Crippen molar-refractivity contribution >= 4 is 57.8 Å². The molecule has 0 saturated carbocycles. The van der Waals surface area contributed by atoms with Crippen molar-refractivity contribution in [3.8, 4) is 0 Å². The molecule has 2 saturated heterocycles. The number of thiazole rings is 1. The van der Waals surface area contributed by atoms with Gasteiger partial charge in [0.1, 0.15) is 17.6 Å². The minimum absolute atomic E-state index is 0.0734. The molecule has 7 nitrogen and oxygen atoms in total. The zero-order chi connectivity index (χ0) is 25.0. The largest absolute Gasteiger partial charge is 0.341 e. The standard InChI is InChI=1S/C25H22FN3O4S3/c26-14-6-8-15(9-7-14)29-22(31)19-18(16-5-4-12-34-16)21-24(35-20(19)23(29)32)28(25(33)36-21)13-17(30)27-10-2-1-3-11-27/h4-9,12,18-20H,1-3,10-11,13H2/t18-,19?,20?/m1/s1. The second-order valence-electron chi connectivity index (χ2n) is 9.11. The number of imide groups is 1. The number of amides is 3. The van der Waals surface area contributed by atoms with E-state index >= 15 is 0 Å². The predicted molar refractivity (Wildman–Crippen MR) is 137 cm³/mol. The number of aromatic nitrogens is 1. The lowest BCUT2D eigenvalue weighted by Gasteiger charge is -2.30. The van der Waals surface area contributed by atoms with Crippen LogP contribution in [0, 0.1) is 11.7 Å². The van der Waals surface area contributed by atoms with Crippen molar-refractivity contribution in [3.63, 3.8) is 0 Å². The first-order valence-electron chi connectivity index (χ1n) is 11.8. The molecule has 0 aliphatic carbocycles. The van der Waals surface area contributed by atoms with Gasteiger partial charge >= 0.3 is 4.87 Å². The third-order valence-corrected chi connectivity index (χ3v) is 10.5. The number of nitrogens with zero attached hydrogens (tertiary/aromatic N) is 3. The fourth-order valence-electron chi connectivity index (χ4n) is 5.25. The lowest BCUT2D eigenvalue weighted by atomic mass is 9.87. The Morgan fingerprint density at radius 1 is 1.00 bits per heavy atom. The van der Waals surface area contributed by atoms with Crippen molar-refractivity contribution in [2.24, 2.45) is 5.92 Å². The second-order valence-corrected chi connectivity index (χ2v) is 12.2. The molecular formula is C25H22FN3O4S3. The van der Waals surface area contributed by atoms with Crippen LogP contribution in [-0.2, 0) is 20.9 Å². The monoisotopic (exact) mass is 543 g/mol. The summed E-state index contributed by atoms with van der Waals surface area (Å²) >= 11 is 3.73. The highest BCUT2D eigenvalue weighted by Crippen LogP contribution is 2.54. The number of rotatable bonds is 4. The molecule has 11 heteroatoms. The lowest BCUT2D eigenvalue weighted by molar-refractivity contribution is -0.133. The van der Waals surface area contributed by atoms with Gasteiger partial charge in [-0.25, -0.2) is 9.29 Å². The van der Waals surface area contributed by atoms with Crippen LogP contribution in [0.25, 0.3) is 0 Å². The molecule has 1 aromatic carbocycles. The van der Waals surface area contributed by atoms with Crippen molar-refractivity contribution in [2.45, 2.75) is 42.0 Å². The molecule has 0 bridgehead atoms. The summed E-state index contributed by atoms with van der Waals surface area (Å²) in [7, 11) is 0. The zero-order valence-corrected chi connectivity index (χ0v) is 21.5. The normalized spacial score (nSPS) is 23.6. The summed E-state index contributed by atoms with van der Waals surface area (Å²) < 4.78 is 15.0.